The van der Waals surface area contributed by atoms with Crippen molar-refractivity contribution in [2.24, 2.45) is 0 Å². The number of allylic oxidation sites excluding steroid dienone is 2. The molecule has 0 amide bonds. The van der Waals surface area contributed by atoms with E-state index < -0.39 is 0 Å². The molecule has 72 valence electrons. The molecule has 0 spiro atoms. The highest BCUT2D eigenvalue weighted by Crippen LogP contribution is 2.04. The van der Waals surface area contributed by atoms with Crippen LogP contribution in [0.4, 0.5) is 0 Å². The van der Waals surface area contributed by atoms with Crippen molar-refractivity contribution in [3.63, 3.8) is 0 Å². The van der Waals surface area contributed by atoms with Gasteiger partial charge in [-0.1, -0.05) is 36.4 Å². The van der Waals surface area contributed by atoms with E-state index in [-0.39, 0.29) is 12.2 Å². The zero-order valence-corrected chi connectivity index (χ0v) is 8.07. The van der Waals surface area contributed by atoms with Crippen LogP contribution in [0.25, 0.3) is 0 Å². The van der Waals surface area contributed by atoms with E-state index in [9.17, 15) is 9.59 Å². The van der Waals surface area contributed by atoms with Crippen molar-refractivity contribution in [1.82, 2.24) is 0 Å². The van der Waals surface area contributed by atoms with Gasteiger partial charge in [-0.3, -0.25) is 9.59 Å². The number of aldehydes is 1. The van der Waals surface area contributed by atoms with Gasteiger partial charge in [-0.15, -0.1) is 0 Å². The summed E-state index contributed by atoms with van der Waals surface area (Å²) in [6, 6.07) is 9.05. The van der Waals surface area contributed by atoms with Gasteiger partial charge in [0.25, 0.3) is 0 Å². The molecular formula is C12H12O2. The highest BCUT2D eigenvalue weighted by molar-refractivity contribution is 5.97. The molecule has 0 aromatic heterocycles. The van der Waals surface area contributed by atoms with Crippen LogP contribution in [0.2, 0.25) is 0 Å². The molecule has 1 rings (SSSR count). The number of Topliss-reactive ketones (excluding diaryl/α,β-unsaturated/α-hetero) is 1. The molecule has 1 aromatic carbocycles. The number of rotatable bonds is 4. The van der Waals surface area contributed by atoms with Crippen LogP contribution in [0.3, 0.4) is 0 Å². The fourth-order valence-electron chi connectivity index (χ4n) is 1.04. The average Bonchev–Trinajstić information content (AvgIpc) is 2.26. The van der Waals surface area contributed by atoms with E-state index in [1.807, 2.05) is 18.2 Å². The maximum absolute atomic E-state index is 11.5. The maximum Gasteiger partial charge on any atom is 0.166 e. The molecule has 0 N–H and O–H groups in total. The van der Waals surface area contributed by atoms with E-state index >= 15 is 0 Å². The summed E-state index contributed by atoms with van der Waals surface area (Å²) < 4.78 is 0. The van der Waals surface area contributed by atoms with Crippen LogP contribution in [0, 0.1) is 0 Å². The normalized spacial score (nSPS) is 11.1. The first kappa shape index (κ1) is 10.4. The minimum Gasteiger partial charge on any atom is -0.298 e. The molecule has 0 bridgehead atoms. The summed E-state index contributed by atoms with van der Waals surface area (Å²) in [6.07, 6.45) is 2.68. The van der Waals surface area contributed by atoms with Gasteiger partial charge in [-0.2, -0.15) is 0 Å². The van der Waals surface area contributed by atoms with Gasteiger partial charge in [-0.25, -0.2) is 0 Å². The lowest BCUT2D eigenvalue weighted by molar-refractivity contribution is -0.104. The van der Waals surface area contributed by atoms with Gasteiger partial charge in [0.15, 0.2) is 5.78 Å². The third-order valence-electron chi connectivity index (χ3n) is 1.89. The molecule has 0 aliphatic heterocycles. The SMILES string of the molecule is C/C(C=O)=C\CC(=O)c1ccccc1. The standard InChI is InChI=1S/C12H12O2/c1-10(9-13)7-8-12(14)11-5-3-2-4-6-11/h2-7,9H,8H2,1H3/b10-7+. The Hall–Kier alpha value is -1.70. The molecule has 0 saturated carbocycles. The number of hydrogen-bond acceptors (Lipinski definition) is 2. The zero-order chi connectivity index (χ0) is 10.4. The third-order valence-corrected chi connectivity index (χ3v) is 1.89. The van der Waals surface area contributed by atoms with Crippen molar-refractivity contribution in [3.8, 4) is 0 Å². The van der Waals surface area contributed by atoms with Crippen molar-refractivity contribution in [2.45, 2.75) is 13.3 Å². The molecule has 0 saturated heterocycles. The quantitative estimate of drug-likeness (QED) is 0.413. The molecule has 0 radical (unpaired) electrons. The molecular weight excluding hydrogens is 176 g/mol. The molecule has 2 nitrogen and oxygen atoms in total. The van der Waals surface area contributed by atoms with E-state index in [0.717, 1.165) is 6.29 Å². The Morgan fingerprint density at radius 3 is 2.50 bits per heavy atom. The second-order valence-electron chi connectivity index (χ2n) is 3.06. The molecule has 0 heterocycles. The molecule has 0 aliphatic rings. The smallest absolute Gasteiger partial charge is 0.166 e. The number of hydrogen-bond donors (Lipinski definition) is 0. The summed E-state index contributed by atoms with van der Waals surface area (Å²) >= 11 is 0. The molecule has 2 heteroatoms. The predicted octanol–water partition coefficient (Wildman–Crippen LogP) is 2.40. The van der Waals surface area contributed by atoms with Crippen LogP contribution >= 0.6 is 0 Å². The zero-order valence-electron chi connectivity index (χ0n) is 8.07. The number of carbonyl (C=O) groups excluding carboxylic acids is 2. The topological polar surface area (TPSA) is 34.1 Å². The first-order valence-electron chi connectivity index (χ1n) is 4.44. The largest absolute Gasteiger partial charge is 0.298 e. The summed E-state index contributed by atoms with van der Waals surface area (Å²) in [6.45, 7) is 1.69. The summed E-state index contributed by atoms with van der Waals surface area (Å²) in [4.78, 5) is 21.8. The van der Waals surface area contributed by atoms with E-state index in [1.54, 1.807) is 25.1 Å². The molecule has 0 atom stereocenters. The second kappa shape index (κ2) is 5.12. The lowest BCUT2D eigenvalue weighted by Crippen LogP contribution is -1.96. The van der Waals surface area contributed by atoms with Gasteiger partial charge >= 0.3 is 0 Å². The Morgan fingerprint density at radius 1 is 1.29 bits per heavy atom. The fourth-order valence-corrected chi connectivity index (χ4v) is 1.04. The van der Waals surface area contributed by atoms with E-state index in [0.29, 0.717) is 11.1 Å². The van der Waals surface area contributed by atoms with Gasteiger partial charge < -0.3 is 0 Å². The highest BCUT2D eigenvalue weighted by atomic mass is 16.1. The van der Waals surface area contributed by atoms with Gasteiger partial charge in [0, 0.05) is 12.0 Å². The molecule has 0 unspecified atom stereocenters. The Kier molecular flexibility index (Phi) is 3.80. The van der Waals surface area contributed by atoms with Crippen LogP contribution in [-0.2, 0) is 4.79 Å². The third kappa shape index (κ3) is 2.98. The molecule has 0 aliphatic carbocycles. The average molecular weight is 188 g/mol. The summed E-state index contributed by atoms with van der Waals surface area (Å²) in [5.41, 5.74) is 1.27. The summed E-state index contributed by atoms with van der Waals surface area (Å²) in [5.74, 6) is 0.0341. The molecule has 1 aromatic rings. The van der Waals surface area contributed by atoms with Gasteiger partial charge in [0.1, 0.15) is 6.29 Å². The minimum atomic E-state index is 0.0341. The van der Waals surface area contributed by atoms with Crippen LogP contribution in [0.15, 0.2) is 42.0 Å². The number of benzene rings is 1. The van der Waals surface area contributed by atoms with Gasteiger partial charge in [0.05, 0.1) is 0 Å². The summed E-state index contributed by atoms with van der Waals surface area (Å²) in [7, 11) is 0. The molecule has 14 heavy (non-hydrogen) atoms. The van der Waals surface area contributed by atoms with Crippen LogP contribution in [-0.4, -0.2) is 12.1 Å². The minimum absolute atomic E-state index is 0.0341. The predicted molar refractivity (Wildman–Crippen MR) is 55.2 cm³/mol. The number of ketones is 1. The Bertz CT molecular complexity index is 350. The van der Waals surface area contributed by atoms with Crippen LogP contribution < -0.4 is 0 Å². The van der Waals surface area contributed by atoms with E-state index in [2.05, 4.69) is 0 Å². The fraction of sp³-hybridized carbons (Fsp3) is 0.167. The van der Waals surface area contributed by atoms with Crippen LogP contribution in [0.1, 0.15) is 23.7 Å². The summed E-state index contributed by atoms with van der Waals surface area (Å²) in [5, 5.41) is 0. The van der Waals surface area contributed by atoms with Crippen molar-refractivity contribution >= 4 is 12.1 Å². The van der Waals surface area contributed by atoms with Gasteiger partial charge in [-0.05, 0) is 12.5 Å². The monoisotopic (exact) mass is 188 g/mol. The first-order chi connectivity index (χ1) is 6.74. The Morgan fingerprint density at radius 2 is 1.93 bits per heavy atom. The van der Waals surface area contributed by atoms with Crippen molar-refractivity contribution in [3.05, 3.63) is 47.5 Å². The van der Waals surface area contributed by atoms with Crippen molar-refractivity contribution in [2.75, 3.05) is 0 Å². The lowest BCUT2D eigenvalue weighted by atomic mass is 10.1. The van der Waals surface area contributed by atoms with Crippen molar-refractivity contribution in [1.29, 1.82) is 0 Å². The number of carbonyl (C=O) groups is 2. The molecule has 0 fully saturated rings. The maximum atomic E-state index is 11.5. The Balaban J connectivity index is 2.65. The first-order valence-corrected chi connectivity index (χ1v) is 4.44. The van der Waals surface area contributed by atoms with E-state index in [4.69, 9.17) is 0 Å². The lowest BCUT2D eigenvalue weighted by Gasteiger charge is -1.96. The van der Waals surface area contributed by atoms with Gasteiger partial charge in [0.2, 0.25) is 0 Å². The highest BCUT2D eigenvalue weighted by Gasteiger charge is 2.01. The van der Waals surface area contributed by atoms with Crippen LogP contribution in [0.5, 0.6) is 0 Å². The van der Waals surface area contributed by atoms with Crippen molar-refractivity contribution < 1.29 is 9.59 Å². The van der Waals surface area contributed by atoms with E-state index in [1.165, 1.54) is 0 Å². The Labute approximate surface area is 83.3 Å². The second-order valence-corrected chi connectivity index (χ2v) is 3.06.